The quantitative estimate of drug-likeness (QED) is 0.753. The highest BCUT2D eigenvalue weighted by atomic mass is 19.1. The number of halogens is 1. The Kier molecular flexibility index (Phi) is 3.89. The molecule has 0 bridgehead atoms. The first kappa shape index (κ1) is 14.5. The summed E-state index contributed by atoms with van der Waals surface area (Å²) in [7, 11) is 0. The molecule has 0 atom stereocenters. The number of nitrogens with two attached hydrogens (primary N) is 2. The van der Waals surface area contributed by atoms with Gasteiger partial charge in [0.25, 0.3) is 5.91 Å². The van der Waals surface area contributed by atoms with Crippen LogP contribution in [0.3, 0.4) is 0 Å². The van der Waals surface area contributed by atoms with Gasteiger partial charge in [-0.25, -0.2) is 4.39 Å². The lowest BCUT2D eigenvalue weighted by Gasteiger charge is -2.08. The summed E-state index contributed by atoms with van der Waals surface area (Å²) in [5.41, 5.74) is 12.2. The minimum Gasteiger partial charge on any atom is -0.398 e. The number of anilines is 2. The molecule has 0 fully saturated rings. The van der Waals surface area contributed by atoms with Gasteiger partial charge in [0.15, 0.2) is 0 Å². The van der Waals surface area contributed by atoms with Gasteiger partial charge in [-0.05, 0) is 43.3 Å². The zero-order valence-corrected chi connectivity index (χ0v) is 11.3. The molecule has 0 unspecified atom stereocenters. The third-order valence-corrected chi connectivity index (χ3v) is 3.07. The van der Waals surface area contributed by atoms with Crippen LogP contribution in [0.5, 0.6) is 0 Å². The minimum atomic E-state index is -0.554. The van der Waals surface area contributed by atoms with Crippen molar-refractivity contribution in [1.29, 1.82) is 0 Å². The number of hydrogen-bond donors (Lipinski definition) is 3. The third kappa shape index (κ3) is 3.17. The summed E-state index contributed by atoms with van der Waals surface area (Å²) in [4.78, 5) is 23.0. The SMILES string of the molecule is Cc1c(N)cc(C(=O)Nc2ccc(C(N)=O)cc2)cc1F. The van der Waals surface area contributed by atoms with Crippen LogP contribution in [0.15, 0.2) is 36.4 Å². The minimum absolute atomic E-state index is 0.120. The van der Waals surface area contributed by atoms with E-state index < -0.39 is 17.6 Å². The molecule has 0 spiro atoms. The molecular formula is C15H14FN3O2. The van der Waals surface area contributed by atoms with E-state index in [4.69, 9.17) is 11.5 Å². The third-order valence-electron chi connectivity index (χ3n) is 3.07. The normalized spacial score (nSPS) is 10.2. The predicted molar refractivity (Wildman–Crippen MR) is 78.5 cm³/mol. The molecule has 108 valence electrons. The Balaban J connectivity index is 2.20. The number of primary amides is 1. The molecule has 2 aromatic rings. The van der Waals surface area contributed by atoms with Crippen molar-refractivity contribution in [2.75, 3.05) is 11.1 Å². The van der Waals surface area contributed by atoms with Gasteiger partial charge in [0.1, 0.15) is 5.82 Å². The number of nitrogen functional groups attached to an aromatic ring is 1. The highest BCUT2D eigenvalue weighted by molar-refractivity contribution is 6.05. The van der Waals surface area contributed by atoms with Gasteiger partial charge in [0.05, 0.1) is 0 Å². The van der Waals surface area contributed by atoms with Crippen molar-refractivity contribution in [2.45, 2.75) is 6.92 Å². The Bertz CT molecular complexity index is 688. The van der Waals surface area contributed by atoms with Crippen molar-refractivity contribution >= 4 is 23.2 Å². The topological polar surface area (TPSA) is 98.2 Å². The Morgan fingerprint density at radius 3 is 2.24 bits per heavy atom. The molecule has 0 radical (unpaired) electrons. The zero-order valence-electron chi connectivity index (χ0n) is 11.3. The first-order chi connectivity index (χ1) is 9.88. The molecule has 5 N–H and O–H groups in total. The summed E-state index contributed by atoms with van der Waals surface area (Å²) in [5.74, 6) is -1.59. The second kappa shape index (κ2) is 5.62. The van der Waals surface area contributed by atoms with Crippen molar-refractivity contribution < 1.29 is 14.0 Å². The average Bonchev–Trinajstić information content (AvgIpc) is 2.44. The van der Waals surface area contributed by atoms with E-state index in [-0.39, 0.29) is 11.3 Å². The molecule has 6 heteroatoms. The van der Waals surface area contributed by atoms with Crippen LogP contribution in [0.4, 0.5) is 15.8 Å². The van der Waals surface area contributed by atoms with Gasteiger partial charge in [-0.3, -0.25) is 9.59 Å². The fraction of sp³-hybridized carbons (Fsp3) is 0.0667. The molecule has 2 rings (SSSR count). The van der Waals surface area contributed by atoms with Gasteiger partial charge in [-0.2, -0.15) is 0 Å². The molecule has 0 saturated carbocycles. The standard InChI is InChI=1S/C15H14FN3O2/c1-8-12(16)6-10(7-13(8)17)15(21)19-11-4-2-9(3-5-11)14(18)20/h2-7H,17H2,1H3,(H2,18,20)(H,19,21). The molecule has 0 aliphatic carbocycles. The summed E-state index contributed by atoms with van der Waals surface area (Å²) >= 11 is 0. The molecule has 5 nitrogen and oxygen atoms in total. The lowest BCUT2D eigenvalue weighted by atomic mass is 10.1. The highest BCUT2D eigenvalue weighted by Gasteiger charge is 2.11. The lowest BCUT2D eigenvalue weighted by Crippen LogP contribution is -2.14. The molecule has 0 aliphatic rings. The van der Waals surface area contributed by atoms with E-state index in [2.05, 4.69) is 5.32 Å². The molecule has 2 aromatic carbocycles. The van der Waals surface area contributed by atoms with Crippen LogP contribution in [0, 0.1) is 12.7 Å². The molecule has 21 heavy (non-hydrogen) atoms. The Labute approximate surface area is 120 Å². The maximum Gasteiger partial charge on any atom is 0.255 e. The number of amides is 2. The zero-order chi connectivity index (χ0) is 15.6. The van der Waals surface area contributed by atoms with Gasteiger partial charge in [-0.15, -0.1) is 0 Å². The smallest absolute Gasteiger partial charge is 0.255 e. The number of rotatable bonds is 3. The second-order valence-corrected chi connectivity index (χ2v) is 4.57. The first-order valence-corrected chi connectivity index (χ1v) is 6.15. The van der Waals surface area contributed by atoms with Crippen molar-refractivity contribution in [1.82, 2.24) is 0 Å². The summed E-state index contributed by atoms with van der Waals surface area (Å²) in [6.07, 6.45) is 0. The maximum absolute atomic E-state index is 13.6. The summed E-state index contributed by atoms with van der Waals surface area (Å²) in [6, 6.07) is 8.58. The molecule has 0 heterocycles. The predicted octanol–water partition coefficient (Wildman–Crippen LogP) is 2.07. The fourth-order valence-electron chi connectivity index (χ4n) is 1.75. The average molecular weight is 287 g/mol. The van der Waals surface area contributed by atoms with E-state index in [0.717, 1.165) is 6.07 Å². The van der Waals surface area contributed by atoms with Crippen molar-refractivity contribution in [3.63, 3.8) is 0 Å². The maximum atomic E-state index is 13.6. The van der Waals surface area contributed by atoms with Crippen LogP contribution in [-0.2, 0) is 0 Å². The van der Waals surface area contributed by atoms with E-state index >= 15 is 0 Å². The van der Waals surface area contributed by atoms with Crippen LogP contribution in [0.1, 0.15) is 26.3 Å². The largest absolute Gasteiger partial charge is 0.398 e. The summed E-state index contributed by atoms with van der Waals surface area (Å²) in [5, 5.41) is 2.58. The van der Waals surface area contributed by atoms with Crippen LogP contribution < -0.4 is 16.8 Å². The van der Waals surface area contributed by atoms with Gasteiger partial charge in [-0.1, -0.05) is 0 Å². The molecule has 0 aliphatic heterocycles. The van der Waals surface area contributed by atoms with E-state index in [1.54, 1.807) is 0 Å². The Hall–Kier alpha value is -2.89. The molecule has 0 saturated heterocycles. The van der Waals surface area contributed by atoms with Crippen LogP contribution in [0.25, 0.3) is 0 Å². The Morgan fingerprint density at radius 2 is 1.71 bits per heavy atom. The van der Waals surface area contributed by atoms with E-state index in [1.807, 2.05) is 0 Å². The van der Waals surface area contributed by atoms with Crippen molar-refractivity contribution in [3.8, 4) is 0 Å². The number of benzene rings is 2. The molecular weight excluding hydrogens is 273 g/mol. The number of carbonyl (C=O) groups excluding carboxylic acids is 2. The fourth-order valence-corrected chi connectivity index (χ4v) is 1.75. The monoisotopic (exact) mass is 287 g/mol. The van der Waals surface area contributed by atoms with Gasteiger partial charge in [0, 0.05) is 28.1 Å². The van der Waals surface area contributed by atoms with Gasteiger partial charge >= 0.3 is 0 Å². The second-order valence-electron chi connectivity index (χ2n) is 4.57. The summed E-state index contributed by atoms with van der Waals surface area (Å²) in [6.45, 7) is 1.54. The van der Waals surface area contributed by atoms with Crippen molar-refractivity contribution in [2.24, 2.45) is 5.73 Å². The lowest BCUT2D eigenvalue weighted by molar-refractivity contribution is 0.0998. The van der Waals surface area contributed by atoms with Crippen LogP contribution in [-0.4, -0.2) is 11.8 Å². The number of carbonyl (C=O) groups is 2. The highest BCUT2D eigenvalue weighted by Crippen LogP contribution is 2.19. The van der Waals surface area contributed by atoms with E-state index in [9.17, 15) is 14.0 Å². The van der Waals surface area contributed by atoms with Crippen LogP contribution >= 0.6 is 0 Å². The number of nitrogens with one attached hydrogen (secondary N) is 1. The Morgan fingerprint density at radius 1 is 1.10 bits per heavy atom. The van der Waals surface area contributed by atoms with Crippen molar-refractivity contribution in [3.05, 3.63) is 58.9 Å². The van der Waals surface area contributed by atoms with Gasteiger partial charge < -0.3 is 16.8 Å². The summed E-state index contributed by atoms with van der Waals surface area (Å²) < 4.78 is 13.6. The molecule has 0 aromatic heterocycles. The first-order valence-electron chi connectivity index (χ1n) is 6.15. The molecule has 2 amide bonds. The van der Waals surface area contributed by atoms with E-state index in [1.165, 1.54) is 37.3 Å². The van der Waals surface area contributed by atoms with Gasteiger partial charge in [0.2, 0.25) is 5.91 Å². The van der Waals surface area contributed by atoms with E-state index in [0.29, 0.717) is 16.8 Å². The van der Waals surface area contributed by atoms with Crippen LogP contribution in [0.2, 0.25) is 0 Å². The number of hydrogen-bond acceptors (Lipinski definition) is 3.